The van der Waals surface area contributed by atoms with E-state index in [-0.39, 0.29) is 0 Å². The molecule has 14 heavy (non-hydrogen) atoms. The molecule has 1 aromatic heterocycles. The Bertz CT molecular complexity index is 475. The lowest BCUT2D eigenvalue weighted by Gasteiger charge is -1.93. The molecule has 0 aliphatic carbocycles. The van der Waals surface area contributed by atoms with Crippen molar-refractivity contribution in [1.82, 2.24) is 4.98 Å². The van der Waals surface area contributed by atoms with Gasteiger partial charge in [0, 0.05) is 17.1 Å². The summed E-state index contributed by atoms with van der Waals surface area (Å²) < 4.78 is 0. The topological polar surface area (TPSA) is 12.9 Å². The average molecular weight is 199 g/mol. The van der Waals surface area contributed by atoms with Gasteiger partial charge in [0.1, 0.15) is 0 Å². The van der Waals surface area contributed by atoms with Crippen LogP contribution in [0.15, 0.2) is 35.8 Å². The van der Waals surface area contributed by atoms with E-state index in [2.05, 4.69) is 29.8 Å². The van der Waals surface area contributed by atoms with Gasteiger partial charge in [-0.25, -0.2) is 4.98 Å². The number of hydrogen-bond acceptors (Lipinski definition) is 2. The Balaban J connectivity index is 2.31. The highest BCUT2D eigenvalue weighted by Gasteiger charge is 1.91. The summed E-state index contributed by atoms with van der Waals surface area (Å²) in [4.78, 5) is 4.11. The van der Waals surface area contributed by atoms with Gasteiger partial charge in [0.25, 0.3) is 0 Å². The second-order valence-corrected chi connectivity index (χ2v) is 3.80. The van der Waals surface area contributed by atoms with Gasteiger partial charge in [0.2, 0.25) is 0 Å². The van der Waals surface area contributed by atoms with Crippen molar-refractivity contribution in [3.8, 4) is 11.8 Å². The van der Waals surface area contributed by atoms with Crippen LogP contribution < -0.4 is 0 Å². The quantitative estimate of drug-likeness (QED) is 0.594. The fourth-order valence-corrected chi connectivity index (χ4v) is 1.60. The summed E-state index contributed by atoms with van der Waals surface area (Å²) >= 11 is 1.56. The molecule has 0 atom stereocenters. The Kier molecular flexibility index (Phi) is 2.62. The molecule has 68 valence electrons. The summed E-state index contributed by atoms with van der Waals surface area (Å²) in [6, 6.07) is 8.10. The van der Waals surface area contributed by atoms with Gasteiger partial charge in [-0.3, -0.25) is 0 Å². The highest BCUT2D eigenvalue weighted by Crippen LogP contribution is 2.06. The number of nitrogens with zero attached hydrogens (tertiary/aromatic N) is 1. The van der Waals surface area contributed by atoms with E-state index in [4.69, 9.17) is 0 Å². The Morgan fingerprint density at radius 1 is 1.21 bits per heavy atom. The molecule has 0 aliphatic rings. The standard InChI is InChI=1S/C12H9NS/c1-10-4-2-3-5-11(10)6-7-12-13-8-9-14-12/h2-5,8-9H,1H3. The lowest BCUT2D eigenvalue weighted by molar-refractivity contribution is 1.38. The second-order valence-electron chi connectivity index (χ2n) is 2.90. The Labute approximate surface area is 87.4 Å². The molecule has 0 bridgehead atoms. The summed E-state index contributed by atoms with van der Waals surface area (Å²) in [6.07, 6.45) is 1.77. The van der Waals surface area contributed by atoms with E-state index in [0.717, 1.165) is 10.6 Å². The third-order valence-electron chi connectivity index (χ3n) is 1.88. The van der Waals surface area contributed by atoms with Crippen molar-refractivity contribution in [2.75, 3.05) is 0 Å². The largest absolute Gasteiger partial charge is 0.236 e. The van der Waals surface area contributed by atoms with Gasteiger partial charge in [-0.15, -0.1) is 11.3 Å². The zero-order valence-corrected chi connectivity index (χ0v) is 8.64. The lowest BCUT2D eigenvalue weighted by Crippen LogP contribution is -1.79. The predicted molar refractivity (Wildman–Crippen MR) is 59.3 cm³/mol. The van der Waals surface area contributed by atoms with Crippen LogP contribution in [0.3, 0.4) is 0 Å². The maximum absolute atomic E-state index is 4.11. The molecule has 0 unspecified atom stereocenters. The molecule has 2 heteroatoms. The Morgan fingerprint density at radius 2 is 2.07 bits per heavy atom. The molecule has 0 saturated carbocycles. The SMILES string of the molecule is Cc1ccccc1C#Cc1nccs1. The highest BCUT2D eigenvalue weighted by molar-refractivity contribution is 7.10. The van der Waals surface area contributed by atoms with Crippen LogP contribution in [-0.4, -0.2) is 4.98 Å². The highest BCUT2D eigenvalue weighted by atomic mass is 32.1. The molecule has 1 aromatic carbocycles. The van der Waals surface area contributed by atoms with E-state index >= 15 is 0 Å². The van der Waals surface area contributed by atoms with Crippen LogP contribution in [0.25, 0.3) is 0 Å². The van der Waals surface area contributed by atoms with Crippen LogP contribution >= 0.6 is 11.3 Å². The van der Waals surface area contributed by atoms with Gasteiger partial charge in [-0.2, -0.15) is 0 Å². The molecule has 0 fully saturated rings. The first-order chi connectivity index (χ1) is 6.86. The van der Waals surface area contributed by atoms with Crippen molar-refractivity contribution in [3.63, 3.8) is 0 Å². The number of aryl methyl sites for hydroxylation is 1. The molecule has 1 nitrogen and oxygen atoms in total. The Morgan fingerprint density at radius 3 is 2.79 bits per heavy atom. The zero-order valence-electron chi connectivity index (χ0n) is 7.82. The predicted octanol–water partition coefficient (Wildman–Crippen LogP) is 2.85. The molecule has 0 saturated heterocycles. The monoisotopic (exact) mass is 199 g/mol. The van der Waals surface area contributed by atoms with Crippen molar-refractivity contribution in [1.29, 1.82) is 0 Å². The minimum absolute atomic E-state index is 0.869. The number of benzene rings is 1. The number of aromatic nitrogens is 1. The molecule has 0 radical (unpaired) electrons. The summed E-state index contributed by atoms with van der Waals surface area (Å²) in [5, 5.41) is 2.80. The molecule has 1 heterocycles. The third-order valence-corrected chi connectivity index (χ3v) is 2.57. The van der Waals surface area contributed by atoms with Crippen LogP contribution in [-0.2, 0) is 0 Å². The first-order valence-electron chi connectivity index (χ1n) is 4.33. The maximum atomic E-state index is 4.11. The van der Waals surface area contributed by atoms with Crippen molar-refractivity contribution in [2.24, 2.45) is 0 Å². The first kappa shape index (κ1) is 8.98. The van der Waals surface area contributed by atoms with E-state index in [1.807, 2.05) is 23.6 Å². The van der Waals surface area contributed by atoms with E-state index in [9.17, 15) is 0 Å². The molecule has 0 spiro atoms. The van der Waals surface area contributed by atoms with Crippen molar-refractivity contribution in [2.45, 2.75) is 6.92 Å². The Hall–Kier alpha value is -1.59. The van der Waals surface area contributed by atoms with Crippen LogP contribution in [0.1, 0.15) is 16.1 Å². The fraction of sp³-hybridized carbons (Fsp3) is 0.0833. The van der Waals surface area contributed by atoms with Gasteiger partial charge >= 0.3 is 0 Å². The van der Waals surface area contributed by atoms with E-state index < -0.39 is 0 Å². The van der Waals surface area contributed by atoms with E-state index in [1.165, 1.54) is 5.56 Å². The molecular weight excluding hydrogens is 190 g/mol. The minimum atomic E-state index is 0.869. The van der Waals surface area contributed by atoms with E-state index in [0.29, 0.717) is 0 Å². The molecule has 2 rings (SSSR count). The van der Waals surface area contributed by atoms with Crippen LogP contribution in [0, 0.1) is 18.8 Å². The molecule has 0 N–H and O–H groups in total. The first-order valence-corrected chi connectivity index (χ1v) is 5.21. The van der Waals surface area contributed by atoms with Crippen LogP contribution in [0.4, 0.5) is 0 Å². The van der Waals surface area contributed by atoms with E-state index in [1.54, 1.807) is 17.5 Å². The maximum Gasteiger partial charge on any atom is 0.167 e. The van der Waals surface area contributed by atoms with Crippen LogP contribution in [0.5, 0.6) is 0 Å². The summed E-state index contributed by atoms with van der Waals surface area (Å²) in [7, 11) is 0. The van der Waals surface area contributed by atoms with Gasteiger partial charge in [-0.1, -0.05) is 24.1 Å². The molecular formula is C12H9NS. The van der Waals surface area contributed by atoms with Gasteiger partial charge in [0.05, 0.1) is 0 Å². The van der Waals surface area contributed by atoms with Crippen molar-refractivity contribution >= 4 is 11.3 Å². The average Bonchev–Trinajstić information content (AvgIpc) is 2.69. The number of rotatable bonds is 0. The minimum Gasteiger partial charge on any atom is -0.236 e. The zero-order chi connectivity index (χ0) is 9.80. The van der Waals surface area contributed by atoms with Crippen LogP contribution in [0.2, 0.25) is 0 Å². The molecule has 2 aromatic rings. The normalized spacial score (nSPS) is 9.21. The van der Waals surface area contributed by atoms with Crippen molar-refractivity contribution in [3.05, 3.63) is 52.0 Å². The molecule has 0 aliphatic heterocycles. The second kappa shape index (κ2) is 4.08. The number of hydrogen-bond donors (Lipinski definition) is 0. The summed E-state index contributed by atoms with van der Waals surface area (Å²) in [5.74, 6) is 6.15. The van der Waals surface area contributed by atoms with Gasteiger partial charge in [0.15, 0.2) is 5.01 Å². The fourth-order valence-electron chi connectivity index (χ4n) is 1.12. The summed E-state index contributed by atoms with van der Waals surface area (Å²) in [6.45, 7) is 2.06. The number of thiazole rings is 1. The smallest absolute Gasteiger partial charge is 0.167 e. The molecule has 0 amide bonds. The lowest BCUT2D eigenvalue weighted by atomic mass is 10.1. The van der Waals surface area contributed by atoms with Crippen molar-refractivity contribution < 1.29 is 0 Å². The third kappa shape index (κ3) is 2.01. The van der Waals surface area contributed by atoms with Gasteiger partial charge in [-0.05, 0) is 24.5 Å². The summed E-state index contributed by atoms with van der Waals surface area (Å²) in [5.41, 5.74) is 2.28. The van der Waals surface area contributed by atoms with Gasteiger partial charge < -0.3 is 0 Å².